The van der Waals surface area contributed by atoms with Crippen LogP contribution in [0.15, 0.2) is 30.3 Å². The average Bonchev–Trinajstić information content (AvgIpc) is 2.60. The predicted octanol–water partition coefficient (Wildman–Crippen LogP) is 5.72. The van der Waals surface area contributed by atoms with Crippen molar-refractivity contribution in [2.45, 2.75) is 77.6 Å². The molecule has 0 saturated heterocycles. The topological polar surface area (TPSA) is 43.4 Å². The van der Waals surface area contributed by atoms with Crippen LogP contribution < -0.4 is 0 Å². The number of hydrogen-bond donors (Lipinski definition) is 0. The van der Waals surface area contributed by atoms with Gasteiger partial charge in [0.2, 0.25) is 0 Å². The third-order valence-electron chi connectivity index (χ3n) is 4.16. The molecule has 24 heavy (non-hydrogen) atoms. The summed E-state index contributed by atoms with van der Waals surface area (Å²) >= 11 is 0. The largest absolute Gasteiger partial charge is 0.465 e. The average molecular weight is 332 g/mol. The van der Waals surface area contributed by atoms with Crippen molar-refractivity contribution in [3.8, 4) is 0 Å². The Bertz CT molecular complexity index is 453. The summed E-state index contributed by atoms with van der Waals surface area (Å²) in [6.07, 6.45) is 12.3. The second-order valence-corrected chi connectivity index (χ2v) is 6.37. The van der Waals surface area contributed by atoms with Gasteiger partial charge in [-0.15, -0.1) is 0 Å². The van der Waals surface area contributed by atoms with Crippen LogP contribution in [0, 0.1) is 0 Å². The Morgan fingerprint density at radius 2 is 1.33 bits per heavy atom. The van der Waals surface area contributed by atoms with E-state index < -0.39 is 5.97 Å². The number of hydrogen-bond acceptors (Lipinski definition) is 3. The lowest BCUT2D eigenvalue weighted by Gasteiger charge is -2.05. The lowest BCUT2D eigenvalue weighted by molar-refractivity contribution is -0.142. The minimum Gasteiger partial charge on any atom is -0.465 e. The summed E-state index contributed by atoms with van der Waals surface area (Å²) in [5.41, 5.74) is 0.563. The molecule has 1 aromatic rings. The minimum absolute atomic E-state index is 0.165. The molecule has 0 aliphatic rings. The van der Waals surface area contributed by atoms with Gasteiger partial charge in [-0.2, -0.15) is 0 Å². The van der Waals surface area contributed by atoms with Crippen LogP contribution in [0.5, 0.6) is 0 Å². The van der Waals surface area contributed by atoms with Crippen LogP contribution in [0.2, 0.25) is 0 Å². The smallest absolute Gasteiger partial charge is 0.313 e. The molecule has 0 N–H and O–H groups in total. The van der Waals surface area contributed by atoms with E-state index in [2.05, 4.69) is 6.92 Å². The zero-order valence-corrected chi connectivity index (χ0v) is 15.1. The molecule has 0 atom stereocenters. The summed E-state index contributed by atoms with van der Waals surface area (Å²) in [5.74, 6) is -0.594. The summed E-state index contributed by atoms with van der Waals surface area (Å²) in [4.78, 5) is 23.5. The van der Waals surface area contributed by atoms with Gasteiger partial charge in [0, 0.05) is 5.56 Å². The fourth-order valence-electron chi connectivity index (χ4n) is 2.68. The highest BCUT2D eigenvalue weighted by molar-refractivity contribution is 6.05. The Hall–Kier alpha value is -1.64. The first kappa shape index (κ1) is 20.4. The lowest BCUT2D eigenvalue weighted by atomic mass is 10.1. The van der Waals surface area contributed by atoms with Gasteiger partial charge in [-0.1, -0.05) is 95.0 Å². The molecule has 0 spiro atoms. The molecule has 0 unspecified atom stereocenters. The van der Waals surface area contributed by atoms with Crippen LogP contribution in [-0.2, 0) is 9.53 Å². The number of ether oxygens (including phenoxy) is 1. The molecular formula is C21H32O3. The van der Waals surface area contributed by atoms with Crippen molar-refractivity contribution < 1.29 is 14.3 Å². The molecule has 1 aromatic carbocycles. The molecule has 0 saturated carbocycles. The van der Waals surface area contributed by atoms with Gasteiger partial charge >= 0.3 is 5.97 Å². The summed E-state index contributed by atoms with van der Waals surface area (Å²) in [7, 11) is 0. The second-order valence-electron chi connectivity index (χ2n) is 6.37. The summed E-state index contributed by atoms with van der Waals surface area (Å²) in [6.45, 7) is 2.67. The fourth-order valence-corrected chi connectivity index (χ4v) is 2.68. The quantitative estimate of drug-likeness (QED) is 0.189. The zero-order valence-electron chi connectivity index (χ0n) is 15.1. The van der Waals surface area contributed by atoms with Crippen molar-refractivity contribution in [1.82, 2.24) is 0 Å². The van der Waals surface area contributed by atoms with Gasteiger partial charge in [0.15, 0.2) is 5.78 Å². The van der Waals surface area contributed by atoms with E-state index in [1.807, 2.05) is 6.07 Å². The number of ketones is 1. The van der Waals surface area contributed by atoms with Crippen molar-refractivity contribution >= 4 is 11.8 Å². The van der Waals surface area contributed by atoms with Crippen LogP contribution in [0.25, 0.3) is 0 Å². The first-order valence-corrected chi connectivity index (χ1v) is 9.48. The summed E-state index contributed by atoms with van der Waals surface area (Å²) in [6, 6.07) is 8.88. The molecule has 3 heteroatoms. The van der Waals surface area contributed by atoms with Gasteiger partial charge in [-0.05, 0) is 6.42 Å². The second kappa shape index (κ2) is 13.8. The van der Waals surface area contributed by atoms with Crippen LogP contribution >= 0.6 is 0 Å². The Balaban J connectivity index is 1.94. The van der Waals surface area contributed by atoms with E-state index in [4.69, 9.17) is 4.74 Å². The molecule has 0 fully saturated rings. The third-order valence-corrected chi connectivity index (χ3v) is 4.16. The Morgan fingerprint density at radius 1 is 0.792 bits per heavy atom. The van der Waals surface area contributed by atoms with E-state index in [1.165, 1.54) is 51.4 Å². The molecule has 0 amide bonds. The van der Waals surface area contributed by atoms with Crippen molar-refractivity contribution in [2.75, 3.05) is 6.61 Å². The minimum atomic E-state index is -0.417. The number of carbonyl (C=O) groups excluding carboxylic acids is 2. The van der Waals surface area contributed by atoms with E-state index in [1.54, 1.807) is 24.3 Å². The van der Waals surface area contributed by atoms with Crippen molar-refractivity contribution in [3.05, 3.63) is 35.9 Å². The molecule has 0 radical (unpaired) electrons. The number of Topliss-reactive ketones (excluding diaryl/α,β-unsaturated/α-hetero) is 1. The van der Waals surface area contributed by atoms with Gasteiger partial charge in [0.05, 0.1) is 6.61 Å². The summed E-state index contributed by atoms with van der Waals surface area (Å²) in [5, 5.41) is 0. The molecule has 0 aromatic heterocycles. The van der Waals surface area contributed by atoms with Gasteiger partial charge in [-0.25, -0.2) is 0 Å². The highest BCUT2D eigenvalue weighted by atomic mass is 16.5. The molecule has 134 valence electrons. The third kappa shape index (κ3) is 10.2. The van der Waals surface area contributed by atoms with E-state index in [9.17, 15) is 9.59 Å². The SMILES string of the molecule is CCCCCCCCCCCCOC(=O)CC(=O)c1ccccc1. The molecular weight excluding hydrogens is 300 g/mol. The molecule has 3 nitrogen and oxygen atoms in total. The highest BCUT2D eigenvalue weighted by Crippen LogP contribution is 2.10. The predicted molar refractivity (Wildman–Crippen MR) is 98.2 cm³/mol. The van der Waals surface area contributed by atoms with E-state index in [0.717, 1.165) is 12.8 Å². The normalized spacial score (nSPS) is 10.5. The number of carbonyl (C=O) groups is 2. The lowest BCUT2D eigenvalue weighted by Crippen LogP contribution is -2.12. The Morgan fingerprint density at radius 3 is 1.92 bits per heavy atom. The van der Waals surface area contributed by atoms with Crippen LogP contribution in [-0.4, -0.2) is 18.4 Å². The molecule has 0 aliphatic carbocycles. The Labute approximate surface area is 146 Å². The van der Waals surface area contributed by atoms with E-state index in [0.29, 0.717) is 12.2 Å². The van der Waals surface area contributed by atoms with Crippen molar-refractivity contribution in [1.29, 1.82) is 0 Å². The maximum Gasteiger partial charge on any atom is 0.313 e. The monoisotopic (exact) mass is 332 g/mol. The molecule has 1 rings (SSSR count). The van der Waals surface area contributed by atoms with Crippen LogP contribution in [0.1, 0.15) is 87.9 Å². The van der Waals surface area contributed by atoms with Gasteiger partial charge in [0.25, 0.3) is 0 Å². The van der Waals surface area contributed by atoms with Crippen LogP contribution in [0.3, 0.4) is 0 Å². The zero-order chi connectivity index (χ0) is 17.5. The summed E-state index contributed by atoms with van der Waals surface area (Å²) < 4.78 is 5.15. The van der Waals surface area contributed by atoms with Gasteiger partial charge < -0.3 is 4.74 Å². The van der Waals surface area contributed by atoms with Gasteiger partial charge in [-0.3, -0.25) is 9.59 Å². The maximum atomic E-state index is 11.9. The number of unbranched alkanes of at least 4 members (excludes halogenated alkanes) is 9. The van der Waals surface area contributed by atoms with Crippen molar-refractivity contribution in [2.24, 2.45) is 0 Å². The fraction of sp³-hybridized carbons (Fsp3) is 0.619. The van der Waals surface area contributed by atoms with Crippen LogP contribution in [0.4, 0.5) is 0 Å². The van der Waals surface area contributed by atoms with Gasteiger partial charge in [0.1, 0.15) is 6.42 Å². The Kier molecular flexibility index (Phi) is 11.7. The molecule has 0 aliphatic heterocycles. The molecule has 0 bridgehead atoms. The maximum absolute atomic E-state index is 11.9. The first-order chi connectivity index (χ1) is 11.7. The number of benzene rings is 1. The molecule has 0 heterocycles. The van der Waals surface area contributed by atoms with E-state index >= 15 is 0 Å². The first-order valence-electron chi connectivity index (χ1n) is 9.48. The number of esters is 1. The standard InChI is InChI=1S/C21H32O3/c1-2-3-4-5-6-7-8-9-10-14-17-24-21(23)18-20(22)19-15-12-11-13-16-19/h11-13,15-16H,2-10,14,17-18H2,1H3. The van der Waals surface area contributed by atoms with Crippen molar-refractivity contribution in [3.63, 3.8) is 0 Å². The highest BCUT2D eigenvalue weighted by Gasteiger charge is 2.12. The number of rotatable bonds is 14. The van der Waals surface area contributed by atoms with E-state index in [-0.39, 0.29) is 12.2 Å².